The van der Waals surface area contributed by atoms with Crippen molar-refractivity contribution in [1.29, 1.82) is 0 Å². The highest BCUT2D eigenvalue weighted by Gasteiger charge is 2.36. The highest BCUT2D eigenvalue weighted by molar-refractivity contribution is 5.91. The summed E-state index contributed by atoms with van der Waals surface area (Å²) in [6.07, 6.45) is 4.91. The summed E-state index contributed by atoms with van der Waals surface area (Å²) in [5.41, 5.74) is -0.463. The summed E-state index contributed by atoms with van der Waals surface area (Å²) in [5.74, 6) is 0.0213. The number of furan rings is 1. The monoisotopic (exact) mass is 251 g/mol. The van der Waals surface area contributed by atoms with Gasteiger partial charge in [-0.1, -0.05) is 13.8 Å². The quantitative estimate of drug-likeness (QED) is 0.866. The molecule has 0 unspecified atom stereocenters. The molecule has 0 radical (unpaired) electrons. The molecule has 4 nitrogen and oxygen atoms in total. The molecule has 1 fully saturated rings. The Balaban J connectivity index is 1.85. The lowest BCUT2D eigenvalue weighted by atomic mass is 9.71. The van der Waals surface area contributed by atoms with Gasteiger partial charge in [-0.15, -0.1) is 0 Å². The molecule has 0 atom stereocenters. The molecule has 4 heteroatoms. The Morgan fingerprint density at radius 3 is 2.61 bits per heavy atom. The van der Waals surface area contributed by atoms with Gasteiger partial charge in [-0.2, -0.15) is 0 Å². The summed E-state index contributed by atoms with van der Waals surface area (Å²) in [5, 5.41) is 13.1. The van der Waals surface area contributed by atoms with E-state index in [1.165, 1.54) is 6.26 Å². The molecule has 0 spiro atoms. The molecule has 2 rings (SSSR count). The standard InChI is InChI=1S/C14H21NO3/c1-13(2)5-7-14(17,8-6-13)10-15-12(16)11-4-3-9-18-11/h3-4,9,17H,5-8,10H2,1-2H3,(H,15,16). The molecular weight excluding hydrogens is 230 g/mol. The maximum Gasteiger partial charge on any atom is 0.287 e. The van der Waals surface area contributed by atoms with Crippen LogP contribution in [0.25, 0.3) is 0 Å². The van der Waals surface area contributed by atoms with E-state index in [1.807, 2.05) is 0 Å². The molecule has 1 aliphatic rings. The lowest BCUT2D eigenvalue weighted by Crippen LogP contribution is -2.46. The van der Waals surface area contributed by atoms with E-state index in [0.29, 0.717) is 12.0 Å². The third-order valence-corrected chi connectivity index (χ3v) is 3.86. The Kier molecular flexibility index (Phi) is 3.48. The fourth-order valence-corrected chi connectivity index (χ4v) is 2.31. The number of hydrogen-bond donors (Lipinski definition) is 2. The van der Waals surface area contributed by atoms with Crippen molar-refractivity contribution in [1.82, 2.24) is 5.32 Å². The van der Waals surface area contributed by atoms with Crippen LogP contribution in [0, 0.1) is 5.41 Å². The molecule has 0 saturated heterocycles. The smallest absolute Gasteiger partial charge is 0.287 e. The number of carbonyl (C=O) groups is 1. The van der Waals surface area contributed by atoms with Crippen molar-refractivity contribution < 1.29 is 14.3 Å². The minimum absolute atomic E-state index is 0.266. The van der Waals surface area contributed by atoms with Crippen molar-refractivity contribution in [2.45, 2.75) is 45.1 Å². The highest BCUT2D eigenvalue weighted by Crippen LogP contribution is 2.39. The summed E-state index contributed by atoms with van der Waals surface area (Å²) in [4.78, 5) is 11.7. The van der Waals surface area contributed by atoms with Gasteiger partial charge in [0, 0.05) is 6.54 Å². The molecular formula is C14H21NO3. The Morgan fingerprint density at radius 1 is 1.39 bits per heavy atom. The highest BCUT2D eigenvalue weighted by atomic mass is 16.3. The number of carbonyl (C=O) groups excluding carboxylic acids is 1. The van der Waals surface area contributed by atoms with Crippen LogP contribution < -0.4 is 5.32 Å². The van der Waals surface area contributed by atoms with Gasteiger partial charge in [0.1, 0.15) is 0 Å². The summed E-state index contributed by atoms with van der Waals surface area (Å²) in [7, 11) is 0. The molecule has 0 bridgehead atoms. The summed E-state index contributed by atoms with van der Waals surface area (Å²) in [6, 6.07) is 3.29. The summed E-state index contributed by atoms with van der Waals surface area (Å²) < 4.78 is 5.01. The Bertz CT molecular complexity index is 399. The van der Waals surface area contributed by atoms with E-state index in [1.54, 1.807) is 12.1 Å². The van der Waals surface area contributed by atoms with Crippen molar-refractivity contribution >= 4 is 5.91 Å². The van der Waals surface area contributed by atoms with Gasteiger partial charge in [-0.25, -0.2) is 0 Å². The molecule has 18 heavy (non-hydrogen) atoms. The largest absolute Gasteiger partial charge is 0.459 e. The summed E-state index contributed by atoms with van der Waals surface area (Å²) in [6.45, 7) is 4.73. The van der Waals surface area contributed by atoms with Crippen LogP contribution in [0.15, 0.2) is 22.8 Å². The minimum Gasteiger partial charge on any atom is -0.459 e. The van der Waals surface area contributed by atoms with Crippen molar-refractivity contribution in [3.63, 3.8) is 0 Å². The first-order valence-electron chi connectivity index (χ1n) is 6.44. The first kappa shape index (κ1) is 13.1. The topological polar surface area (TPSA) is 62.5 Å². The zero-order valence-electron chi connectivity index (χ0n) is 11.0. The van der Waals surface area contributed by atoms with Gasteiger partial charge < -0.3 is 14.8 Å². The third-order valence-electron chi connectivity index (χ3n) is 3.86. The molecule has 1 aromatic heterocycles. The van der Waals surface area contributed by atoms with Crippen LogP contribution in [0.2, 0.25) is 0 Å². The van der Waals surface area contributed by atoms with Gasteiger partial charge in [0.2, 0.25) is 0 Å². The first-order chi connectivity index (χ1) is 8.40. The van der Waals surface area contributed by atoms with Crippen LogP contribution in [-0.4, -0.2) is 23.2 Å². The number of rotatable bonds is 3. The molecule has 100 valence electrons. The predicted molar refractivity (Wildman–Crippen MR) is 68.2 cm³/mol. The van der Waals surface area contributed by atoms with Gasteiger partial charge >= 0.3 is 0 Å². The number of aliphatic hydroxyl groups is 1. The SMILES string of the molecule is CC1(C)CCC(O)(CNC(=O)c2ccco2)CC1. The molecule has 1 amide bonds. The van der Waals surface area contributed by atoms with Crippen molar-refractivity contribution in [3.8, 4) is 0 Å². The second-order valence-corrected chi connectivity index (χ2v) is 6.05. The molecule has 2 N–H and O–H groups in total. The lowest BCUT2D eigenvalue weighted by Gasteiger charge is -2.40. The van der Waals surface area contributed by atoms with Crippen molar-refractivity contribution in [2.24, 2.45) is 5.41 Å². The average molecular weight is 251 g/mol. The Hall–Kier alpha value is -1.29. The first-order valence-corrected chi connectivity index (χ1v) is 6.44. The van der Waals surface area contributed by atoms with Crippen LogP contribution in [0.1, 0.15) is 50.1 Å². The second-order valence-electron chi connectivity index (χ2n) is 6.05. The van der Waals surface area contributed by atoms with Crippen molar-refractivity contribution in [3.05, 3.63) is 24.2 Å². The van der Waals surface area contributed by atoms with Gasteiger partial charge in [-0.05, 0) is 43.2 Å². The Morgan fingerprint density at radius 2 is 2.06 bits per heavy atom. The van der Waals surface area contributed by atoms with E-state index in [9.17, 15) is 9.90 Å². The average Bonchev–Trinajstić information content (AvgIpc) is 2.85. The van der Waals surface area contributed by atoms with E-state index >= 15 is 0 Å². The van der Waals surface area contributed by atoms with E-state index in [4.69, 9.17) is 4.42 Å². The van der Waals surface area contributed by atoms with Crippen LogP contribution in [0.4, 0.5) is 0 Å². The molecule has 1 heterocycles. The zero-order valence-corrected chi connectivity index (χ0v) is 11.0. The number of nitrogens with one attached hydrogen (secondary N) is 1. The van der Waals surface area contributed by atoms with Gasteiger partial charge in [0.15, 0.2) is 5.76 Å². The van der Waals surface area contributed by atoms with Crippen LogP contribution in [0.5, 0.6) is 0 Å². The summed E-state index contributed by atoms with van der Waals surface area (Å²) >= 11 is 0. The van der Waals surface area contributed by atoms with Crippen molar-refractivity contribution in [2.75, 3.05) is 6.54 Å². The fourth-order valence-electron chi connectivity index (χ4n) is 2.31. The van der Waals surface area contributed by atoms with E-state index in [0.717, 1.165) is 25.7 Å². The molecule has 1 aliphatic carbocycles. The normalized spacial score (nSPS) is 21.5. The molecule has 1 aromatic rings. The molecule has 0 aromatic carbocycles. The number of amides is 1. The maximum absolute atomic E-state index is 11.7. The van der Waals surface area contributed by atoms with Gasteiger partial charge in [0.25, 0.3) is 5.91 Å². The van der Waals surface area contributed by atoms with Gasteiger partial charge in [-0.3, -0.25) is 4.79 Å². The van der Waals surface area contributed by atoms with Crippen LogP contribution in [-0.2, 0) is 0 Å². The second kappa shape index (κ2) is 4.76. The predicted octanol–water partition coefficient (Wildman–Crippen LogP) is 2.34. The van der Waals surface area contributed by atoms with Gasteiger partial charge in [0.05, 0.1) is 11.9 Å². The lowest BCUT2D eigenvalue weighted by molar-refractivity contribution is -0.0234. The van der Waals surface area contributed by atoms with Crippen LogP contribution in [0.3, 0.4) is 0 Å². The van der Waals surface area contributed by atoms with E-state index < -0.39 is 5.60 Å². The Labute approximate surface area is 107 Å². The fraction of sp³-hybridized carbons (Fsp3) is 0.643. The third kappa shape index (κ3) is 3.13. The minimum atomic E-state index is -0.766. The maximum atomic E-state index is 11.7. The molecule has 0 aliphatic heterocycles. The zero-order chi connectivity index (χ0) is 13.2. The van der Waals surface area contributed by atoms with Crippen LogP contribution >= 0.6 is 0 Å². The number of hydrogen-bond acceptors (Lipinski definition) is 3. The van der Waals surface area contributed by atoms with E-state index in [-0.39, 0.29) is 11.7 Å². The molecule has 1 saturated carbocycles. The van der Waals surface area contributed by atoms with E-state index in [2.05, 4.69) is 19.2 Å².